The average molecular weight is 890 g/mol. The summed E-state index contributed by atoms with van der Waals surface area (Å²) in [4.78, 5) is 11.6. The average Bonchev–Trinajstić information content (AvgIpc) is 3.21. The number of carbonyl (C=O) groups is 1. The van der Waals surface area contributed by atoms with Crippen molar-refractivity contribution in [1.82, 2.24) is 0 Å². The second kappa shape index (κ2) is 16.7. The molecule has 0 radical (unpaired) electrons. The lowest BCUT2D eigenvalue weighted by Gasteiger charge is -2.44. The summed E-state index contributed by atoms with van der Waals surface area (Å²) in [5, 5.41) is 0. The fourth-order valence-electron chi connectivity index (χ4n) is 5.96. The molecule has 24 heteroatoms. The van der Waals surface area contributed by atoms with Crippen LogP contribution in [0, 0.1) is 116 Å². The van der Waals surface area contributed by atoms with Crippen molar-refractivity contribution < 1.29 is 96.8 Å². The van der Waals surface area contributed by atoms with E-state index in [1.54, 1.807) is 18.4 Å². The zero-order valence-electron chi connectivity index (χ0n) is 28.7. The van der Waals surface area contributed by atoms with Gasteiger partial charge in [-0.05, 0) is 6.92 Å². The second-order valence-electron chi connectivity index (χ2n) is 12.2. The Bertz CT molecular complexity index is 2200. The third kappa shape index (κ3) is 7.43. The minimum atomic E-state index is -7.22. The summed E-state index contributed by atoms with van der Waals surface area (Å²) in [6, 6.07) is 9.01. The third-order valence-corrected chi connectivity index (χ3v) is 10.9. The fraction of sp³-hybridized carbons (Fsp3) is 0.114. The smallest absolute Gasteiger partial charge is 0.211 e. The summed E-state index contributed by atoms with van der Waals surface area (Å²) in [7, 11) is -1.97. The van der Waals surface area contributed by atoms with Crippen LogP contribution in [-0.2, 0) is 14.1 Å². The van der Waals surface area contributed by atoms with Gasteiger partial charge in [0.1, 0.15) is 64.7 Å². The molecule has 0 aliphatic heterocycles. The van der Waals surface area contributed by atoms with Crippen LogP contribution in [0.15, 0.2) is 30.3 Å². The van der Waals surface area contributed by atoms with Gasteiger partial charge in [0.15, 0.2) is 75.6 Å². The van der Waals surface area contributed by atoms with Gasteiger partial charge in [-0.15, -0.1) is 26.1 Å². The summed E-state index contributed by atoms with van der Waals surface area (Å²) in [6.07, 6.45) is -5.56. The van der Waals surface area contributed by atoms with Crippen molar-refractivity contribution in [3.63, 3.8) is 0 Å². The van der Waals surface area contributed by atoms with Crippen LogP contribution in [0.4, 0.5) is 87.8 Å². The van der Waals surface area contributed by atoms with Crippen LogP contribution < -0.4 is 21.9 Å². The number of halogens is 20. The van der Waals surface area contributed by atoms with Gasteiger partial charge in [0.2, 0.25) is 5.78 Å². The van der Waals surface area contributed by atoms with Gasteiger partial charge in [-0.1, -0.05) is 30.3 Å². The molecule has 5 rings (SSSR count). The molecule has 316 valence electrons. The molecule has 0 heterocycles. The fourth-order valence-corrected chi connectivity index (χ4v) is 6.89. The van der Waals surface area contributed by atoms with Gasteiger partial charge < -0.3 is 0 Å². The molecule has 1 atom stereocenters. The van der Waals surface area contributed by atoms with Crippen molar-refractivity contribution in [2.45, 2.75) is 6.92 Å². The first-order chi connectivity index (χ1) is 27.3. The van der Waals surface area contributed by atoms with Crippen molar-refractivity contribution in [2.24, 2.45) is 0 Å². The highest BCUT2D eigenvalue weighted by molar-refractivity contribution is 8.02. The molecule has 0 bridgehead atoms. The van der Waals surface area contributed by atoms with E-state index >= 15 is 35.1 Å². The van der Waals surface area contributed by atoms with Gasteiger partial charge in [-0.3, -0.25) is 4.79 Å². The van der Waals surface area contributed by atoms with Crippen molar-refractivity contribution >= 4 is 43.7 Å². The Hall–Kier alpha value is -5.42. The Kier molecular flexibility index (Phi) is 13.1. The molecule has 0 fully saturated rings. The van der Waals surface area contributed by atoms with Gasteiger partial charge in [0.25, 0.3) is 0 Å². The monoisotopic (exact) mass is 890 g/mol. The molecule has 0 aliphatic carbocycles. The molecule has 1 unspecified atom stereocenters. The zero-order chi connectivity index (χ0) is 45.0. The largest absolute Gasteiger partial charge is 0.289 e. The first kappa shape index (κ1) is 46.3. The lowest BCUT2D eigenvalue weighted by molar-refractivity contribution is 0.102. The third-order valence-electron chi connectivity index (χ3n) is 8.85. The molecule has 0 aromatic heterocycles. The van der Waals surface area contributed by atoms with Crippen LogP contribution in [0.25, 0.3) is 0 Å². The molecule has 0 amide bonds. The van der Waals surface area contributed by atoms with E-state index in [1.807, 2.05) is 25.1 Å². The van der Waals surface area contributed by atoms with Gasteiger partial charge in [-0.25, -0.2) is 87.8 Å². The molecule has 0 saturated heterocycles. The number of ketones is 1. The van der Waals surface area contributed by atoms with Crippen LogP contribution >= 0.6 is 0 Å². The normalized spacial score (nSPS) is 12.6. The predicted molar refractivity (Wildman–Crippen MR) is 169 cm³/mol. The SMILES string of the molecule is CC[S+](C)(=O)CC(=O)c1ccccc1.Fc1c(F)c(F)c([B-](c2c(F)c(F)c(F)c(F)c2F)(c2c(F)c(F)c(F)c(F)c2F)c2c(F)c(F)c(F)c(F)c2F)c(F)c1F. The van der Waals surface area contributed by atoms with Gasteiger partial charge >= 0.3 is 0 Å². The summed E-state index contributed by atoms with van der Waals surface area (Å²) < 4.78 is 306. The molecule has 59 heavy (non-hydrogen) atoms. The zero-order valence-corrected chi connectivity index (χ0v) is 29.5. The molecular formula is C35H15BF20O2S. The number of hydrogen-bond acceptors (Lipinski definition) is 2. The number of carbonyl (C=O) groups excluding carboxylic acids is 1. The maximum Gasteiger partial charge on any atom is 0.211 e. The molecule has 0 N–H and O–H groups in total. The maximum absolute atomic E-state index is 15.4. The van der Waals surface area contributed by atoms with Crippen LogP contribution in [0.2, 0.25) is 0 Å². The van der Waals surface area contributed by atoms with Crippen LogP contribution in [0.1, 0.15) is 17.3 Å². The van der Waals surface area contributed by atoms with Crippen molar-refractivity contribution in [2.75, 3.05) is 17.8 Å². The van der Waals surface area contributed by atoms with Crippen molar-refractivity contribution in [3.05, 3.63) is 152 Å². The first-order valence-corrected chi connectivity index (χ1v) is 17.8. The highest BCUT2D eigenvalue weighted by atomic mass is 32.2. The van der Waals surface area contributed by atoms with Crippen LogP contribution in [-0.4, -0.2) is 29.7 Å². The minimum Gasteiger partial charge on any atom is -0.289 e. The van der Waals surface area contributed by atoms with Gasteiger partial charge in [0.05, 0.1) is 9.93 Å². The van der Waals surface area contributed by atoms with E-state index in [9.17, 15) is 61.7 Å². The first-order valence-electron chi connectivity index (χ1n) is 15.5. The number of rotatable bonds is 8. The Balaban J connectivity index is 0.000000464. The van der Waals surface area contributed by atoms with E-state index < -0.39 is 154 Å². The highest BCUT2D eigenvalue weighted by Crippen LogP contribution is 2.30. The van der Waals surface area contributed by atoms with Crippen molar-refractivity contribution in [1.29, 1.82) is 0 Å². The summed E-state index contributed by atoms with van der Waals surface area (Å²) in [5.41, 5.74) is -13.7. The highest BCUT2D eigenvalue weighted by Gasteiger charge is 2.52. The summed E-state index contributed by atoms with van der Waals surface area (Å²) in [6.45, 7) is 1.85. The number of benzene rings is 5. The quantitative estimate of drug-likeness (QED) is 0.0398. The summed E-state index contributed by atoms with van der Waals surface area (Å²) >= 11 is 0. The van der Waals surface area contributed by atoms with E-state index in [2.05, 4.69) is 0 Å². The molecule has 0 aliphatic rings. The van der Waals surface area contributed by atoms with Crippen LogP contribution in [0.5, 0.6) is 0 Å². The lowest BCUT2D eigenvalue weighted by Crippen LogP contribution is -2.81. The topological polar surface area (TPSA) is 34.1 Å². The summed E-state index contributed by atoms with van der Waals surface area (Å²) in [5.74, 6) is -70.7. The van der Waals surface area contributed by atoms with Crippen LogP contribution in [0.3, 0.4) is 0 Å². The lowest BCUT2D eigenvalue weighted by atomic mass is 9.12. The second-order valence-corrected chi connectivity index (χ2v) is 15.4. The molecular weight excluding hydrogens is 875 g/mol. The van der Waals surface area contributed by atoms with Crippen molar-refractivity contribution in [3.8, 4) is 0 Å². The van der Waals surface area contributed by atoms with E-state index in [-0.39, 0.29) is 11.5 Å². The Morgan fingerprint density at radius 3 is 0.814 bits per heavy atom. The molecule has 5 aromatic rings. The van der Waals surface area contributed by atoms with E-state index in [4.69, 9.17) is 0 Å². The maximum atomic E-state index is 15.4. The van der Waals surface area contributed by atoms with Gasteiger partial charge in [-0.2, -0.15) is 0 Å². The Morgan fingerprint density at radius 2 is 0.610 bits per heavy atom. The Morgan fingerprint density at radius 1 is 0.407 bits per heavy atom. The molecule has 5 aromatic carbocycles. The number of hydrogen-bond donors (Lipinski definition) is 0. The number of Topliss-reactive ketones (excluding diaryl/α,β-unsaturated/α-hetero) is 1. The van der Waals surface area contributed by atoms with E-state index in [0.717, 1.165) is 0 Å². The molecule has 2 nitrogen and oxygen atoms in total. The minimum absolute atomic E-state index is 0.0278. The van der Waals surface area contributed by atoms with Gasteiger partial charge in [0, 0.05) is 5.56 Å². The Labute approximate surface area is 317 Å². The molecule has 0 spiro atoms. The standard InChI is InChI=1S/C24BF20.C11H15O2S/c26-5-1(6(27)14(35)21(42)13(5)34)25(2-7(28)15(36)22(43)16(37)8(2)29,3-9(30)17(38)23(44)18(39)10(3)31)4-11(32)19(40)24(45)20(41)12(4)33;1-3-14(2,13)9-11(12)10-7-5-4-6-8-10/h;4-8H,3,9H2,1-2H3/q-1;+1. The molecule has 0 saturated carbocycles. The van der Waals surface area contributed by atoms with E-state index in [1.165, 1.54) is 0 Å². The van der Waals surface area contributed by atoms with E-state index in [0.29, 0.717) is 11.3 Å². The predicted octanol–water partition coefficient (Wildman–Crippen LogP) is 7.86.